The second-order valence-corrected chi connectivity index (χ2v) is 6.04. The Bertz CT molecular complexity index is 717. The summed E-state index contributed by atoms with van der Waals surface area (Å²) in [4.78, 5) is 0. The number of benzene rings is 2. The summed E-state index contributed by atoms with van der Waals surface area (Å²) in [5, 5.41) is 6.71. The first-order valence-corrected chi connectivity index (χ1v) is 8.01. The van der Waals surface area contributed by atoms with E-state index in [4.69, 9.17) is 4.74 Å². The van der Waals surface area contributed by atoms with Crippen molar-refractivity contribution in [1.82, 2.24) is 5.32 Å². The van der Waals surface area contributed by atoms with E-state index in [1.54, 1.807) is 11.3 Å². The molecule has 0 saturated carbocycles. The van der Waals surface area contributed by atoms with Crippen LogP contribution >= 0.6 is 11.3 Å². The average molecular weight is 297 g/mol. The number of fused-ring (bicyclic) bond motifs is 1. The molecule has 0 bridgehead atoms. The van der Waals surface area contributed by atoms with Gasteiger partial charge in [0, 0.05) is 16.3 Å². The number of hydrogen-bond donors (Lipinski definition) is 1. The second kappa shape index (κ2) is 6.29. The average Bonchev–Trinajstić information content (AvgIpc) is 2.96. The van der Waals surface area contributed by atoms with Gasteiger partial charge in [0.05, 0.1) is 0 Å². The number of rotatable bonds is 5. The highest BCUT2D eigenvalue weighted by molar-refractivity contribution is 7.17. The van der Waals surface area contributed by atoms with E-state index in [0.29, 0.717) is 12.6 Å². The normalized spacial score (nSPS) is 12.5. The third-order valence-electron chi connectivity index (χ3n) is 3.77. The van der Waals surface area contributed by atoms with Gasteiger partial charge in [-0.25, -0.2) is 0 Å². The minimum Gasteiger partial charge on any atom is -0.489 e. The zero-order chi connectivity index (χ0) is 14.7. The maximum absolute atomic E-state index is 5.91. The third kappa shape index (κ3) is 3.09. The molecule has 1 unspecified atom stereocenters. The molecule has 0 aliphatic carbocycles. The van der Waals surface area contributed by atoms with Gasteiger partial charge in [-0.2, -0.15) is 0 Å². The molecule has 0 spiro atoms. The van der Waals surface area contributed by atoms with Crippen molar-refractivity contribution < 1.29 is 4.74 Å². The summed E-state index contributed by atoms with van der Waals surface area (Å²) >= 11 is 1.77. The molecule has 0 aliphatic heterocycles. The van der Waals surface area contributed by atoms with Gasteiger partial charge in [-0.1, -0.05) is 30.3 Å². The number of nitrogens with one attached hydrogen (secondary N) is 1. The van der Waals surface area contributed by atoms with Crippen molar-refractivity contribution in [3.8, 4) is 5.75 Å². The van der Waals surface area contributed by atoms with Crippen LogP contribution in [0.3, 0.4) is 0 Å². The number of hydrogen-bond acceptors (Lipinski definition) is 3. The first-order valence-electron chi connectivity index (χ1n) is 7.13. The lowest BCUT2D eigenvalue weighted by Crippen LogP contribution is -2.11. The van der Waals surface area contributed by atoms with Gasteiger partial charge < -0.3 is 10.1 Å². The highest BCUT2D eigenvalue weighted by Gasteiger charge is 2.05. The molecule has 3 rings (SSSR count). The van der Waals surface area contributed by atoms with Gasteiger partial charge in [0.25, 0.3) is 0 Å². The Kier molecular flexibility index (Phi) is 4.23. The molecule has 0 saturated heterocycles. The molecule has 0 radical (unpaired) electrons. The quantitative estimate of drug-likeness (QED) is 0.733. The van der Waals surface area contributed by atoms with Gasteiger partial charge >= 0.3 is 0 Å². The lowest BCUT2D eigenvalue weighted by Gasteiger charge is -2.11. The smallest absolute Gasteiger partial charge is 0.119 e. The number of ether oxygens (including phenoxy) is 1. The molecule has 2 nitrogen and oxygen atoms in total. The van der Waals surface area contributed by atoms with Crippen LogP contribution < -0.4 is 10.1 Å². The Morgan fingerprint density at radius 2 is 1.86 bits per heavy atom. The van der Waals surface area contributed by atoms with Gasteiger partial charge in [0.15, 0.2) is 0 Å². The lowest BCUT2D eigenvalue weighted by molar-refractivity contribution is 0.308. The molecule has 0 fully saturated rings. The van der Waals surface area contributed by atoms with Crippen LogP contribution in [0.1, 0.15) is 24.1 Å². The van der Waals surface area contributed by atoms with Crippen molar-refractivity contribution >= 4 is 21.4 Å². The monoisotopic (exact) mass is 297 g/mol. The van der Waals surface area contributed by atoms with E-state index >= 15 is 0 Å². The largest absolute Gasteiger partial charge is 0.489 e. The van der Waals surface area contributed by atoms with Crippen LogP contribution in [0, 0.1) is 0 Å². The highest BCUT2D eigenvalue weighted by atomic mass is 32.1. The number of thiophene rings is 1. The van der Waals surface area contributed by atoms with Gasteiger partial charge in [0.1, 0.15) is 12.4 Å². The van der Waals surface area contributed by atoms with Gasteiger partial charge in [-0.3, -0.25) is 0 Å². The molecule has 1 N–H and O–H groups in total. The minimum atomic E-state index is 0.361. The van der Waals surface area contributed by atoms with Crippen LogP contribution in [-0.2, 0) is 6.61 Å². The van der Waals surface area contributed by atoms with E-state index in [-0.39, 0.29) is 0 Å². The van der Waals surface area contributed by atoms with Crippen molar-refractivity contribution in [3.63, 3.8) is 0 Å². The molecule has 0 amide bonds. The standard InChI is InChI=1S/C18H19NOS/c1-13(19-2)14-7-9-16(10-8-14)20-11-15-12-21-18-6-4-3-5-17(15)18/h3-10,12-13,19H,11H2,1-2H3. The SMILES string of the molecule is CNC(C)c1ccc(OCc2csc3ccccc23)cc1. The maximum atomic E-state index is 5.91. The summed E-state index contributed by atoms with van der Waals surface area (Å²) in [6, 6.07) is 17.1. The predicted molar refractivity (Wildman–Crippen MR) is 90.1 cm³/mol. The van der Waals surface area contributed by atoms with Crippen molar-refractivity contribution in [2.24, 2.45) is 0 Å². The topological polar surface area (TPSA) is 21.3 Å². The first-order chi connectivity index (χ1) is 10.3. The maximum Gasteiger partial charge on any atom is 0.119 e. The Morgan fingerprint density at radius 1 is 1.10 bits per heavy atom. The minimum absolute atomic E-state index is 0.361. The predicted octanol–water partition coefficient (Wildman–Crippen LogP) is 4.76. The summed E-state index contributed by atoms with van der Waals surface area (Å²) in [7, 11) is 1.97. The summed E-state index contributed by atoms with van der Waals surface area (Å²) in [5.41, 5.74) is 2.52. The molecule has 1 heterocycles. The van der Waals surface area contributed by atoms with Crippen LogP contribution in [-0.4, -0.2) is 7.05 Å². The van der Waals surface area contributed by atoms with Gasteiger partial charge in [-0.15, -0.1) is 11.3 Å². The van der Waals surface area contributed by atoms with Crippen molar-refractivity contribution in [1.29, 1.82) is 0 Å². The molecular formula is C18H19NOS. The molecule has 1 aromatic heterocycles. The molecule has 108 valence electrons. The summed E-state index contributed by atoms with van der Waals surface area (Å²) in [6.45, 7) is 2.76. The molecule has 3 heteroatoms. The second-order valence-electron chi connectivity index (χ2n) is 5.13. The van der Waals surface area contributed by atoms with Crippen LogP contribution in [0.4, 0.5) is 0 Å². The molecule has 0 aliphatic rings. The van der Waals surface area contributed by atoms with Crippen molar-refractivity contribution in [2.45, 2.75) is 19.6 Å². The van der Waals surface area contributed by atoms with E-state index in [1.807, 2.05) is 19.2 Å². The summed E-state index contributed by atoms with van der Waals surface area (Å²) in [6.07, 6.45) is 0. The van der Waals surface area contributed by atoms with E-state index < -0.39 is 0 Å². The van der Waals surface area contributed by atoms with Crippen molar-refractivity contribution in [2.75, 3.05) is 7.05 Å². The van der Waals surface area contributed by atoms with Gasteiger partial charge in [-0.05, 0) is 48.5 Å². The summed E-state index contributed by atoms with van der Waals surface area (Å²) < 4.78 is 7.23. The Balaban J connectivity index is 1.70. The van der Waals surface area contributed by atoms with E-state index in [0.717, 1.165) is 5.75 Å². The zero-order valence-electron chi connectivity index (χ0n) is 12.3. The highest BCUT2D eigenvalue weighted by Crippen LogP contribution is 2.27. The van der Waals surface area contributed by atoms with Crippen molar-refractivity contribution in [3.05, 3.63) is 65.0 Å². The Hall–Kier alpha value is -1.84. The molecule has 1 atom stereocenters. The molecular weight excluding hydrogens is 278 g/mol. The molecule has 2 aromatic carbocycles. The van der Waals surface area contributed by atoms with E-state index in [1.165, 1.54) is 21.2 Å². The van der Waals surface area contributed by atoms with Crippen LogP contribution in [0.2, 0.25) is 0 Å². The first kappa shape index (κ1) is 14.1. The lowest BCUT2D eigenvalue weighted by atomic mass is 10.1. The fourth-order valence-corrected chi connectivity index (χ4v) is 3.27. The van der Waals surface area contributed by atoms with Crippen LogP contribution in [0.15, 0.2) is 53.9 Å². The zero-order valence-corrected chi connectivity index (χ0v) is 13.1. The third-order valence-corrected chi connectivity index (χ3v) is 4.78. The fourth-order valence-electron chi connectivity index (χ4n) is 2.33. The Morgan fingerprint density at radius 3 is 2.62 bits per heavy atom. The molecule has 3 aromatic rings. The van der Waals surface area contributed by atoms with Gasteiger partial charge in [0.2, 0.25) is 0 Å². The Labute approximate surface area is 129 Å². The van der Waals surface area contributed by atoms with Crippen LogP contribution in [0.5, 0.6) is 5.75 Å². The fraction of sp³-hybridized carbons (Fsp3) is 0.222. The van der Waals surface area contributed by atoms with Crippen LogP contribution in [0.25, 0.3) is 10.1 Å². The summed E-state index contributed by atoms with van der Waals surface area (Å²) in [5.74, 6) is 0.914. The van der Waals surface area contributed by atoms with E-state index in [2.05, 4.69) is 54.0 Å². The molecule has 21 heavy (non-hydrogen) atoms. The van der Waals surface area contributed by atoms with E-state index in [9.17, 15) is 0 Å².